The van der Waals surface area contributed by atoms with Crippen LogP contribution in [0.4, 0.5) is 0 Å². The van der Waals surface area contributed by atoms with Crippen LogP contribution in [0.5, 0.6) is 0 Å². The van der Waals surface area contributed by atoms with Crippen molar-refractivity contribution in [2.45, 2.75) is 6.92 Å². The zero-order valence-corrected chi connectivity index (χ0v) is 85.2. The summed E-state index contributed by atoms with van der Waals surface area (Å²) in [7, 11) is 0. The van der Waals surface area contributed by atoms with Crippen molar-refractivity contribution in [2.24, 2.45) is 0 Å². The summed E-state index contributed by atoms with van der Waals surface area (Å²) in [4.78, 5) is 284. The van der Waals surface area contributed by atoms with Gasteiger partial charge in [0.2, 0.25) is 0 Å². The van der Waals surface area contributed by atoms with Gasteiger partial charge in [0, 0.05) is 241 Å². The smallest absolute Gasteiger partial charge is 0.317 e. The van der Waals surface area contributed by atoms with E-state index in [2.05, 4.69) is 33.2 Å². The summed E-state index contributed by atoms with van der Waals surface area (Å²) in [5.41, 5.74) is 0. The molecule has 0 saturated heterocycles. The molecule has 0 aromatic carbocycles. The normalized spacial score (nSPS) is 9.92. The summed E-state index contributed by atoms with van der Waals surface area (Å²) in [5.74, 6) is -28.8. The van der Waals surface area contributed by atoms with E-state index < -0.39 is 215 Å². The van der Waals surface area contributed by atoms with E-state index in [1.54, 1.807) is 0 Å². The van der Waals surface area contributed by atoms with Crippen molar-refractivity contribution in [3.63, 3.8) is 0 Å². The number of aliphatic hydroxyl groups is 1. The Hall–Kier alpha value is -10.5. The number of nitrogens with one attached hydrogen (secondary N) is 5. The molecule has 68 nitrogen and oxygen atoms in total. The fourth-order valence-corrected chi connectivity index (χ4v) is 9.71. The molecule has 890 valence electrons. The minimum absolute atomic E-state index is 0. The number of ketones is 1. The summed E-state index contributed by atoms with van der Waals surface area (Å²) in [6.07, 6.45) is 0. The van der Waals surface area contributed by atoms with E-state index in [4.69, 9.17) is 133 Å². The molecular weight excluding hydrogens is 2430 g/mol. The Morgan fingerprint density at radius 2 is 0.236 bits per heavy atom. The van der Waals surface area contributed by atoms with Gasteiger partial charge >= 0.3 is 149 Å². The Kier molecular flexibility index (Phi) is 128. The molecule has 0 atom stereocenters. The number of carboxylic acids is 25. The maximum atomic E-state index is 10.6. The van der Waals surface area contributed by atoms with Gasteiger partial charge in [-0.1, -0.05) is 6.58 Å². The first-order chi connectivity index (χ1) is 64.7. The Balaban J connectivity index is -0.0000000956. The first-order valence-corrected chi connectivity index (χ1v) is 39.5. The average molecular weight is 2550 g/mol. The minimum atomic E-state index is -1.23. The van der Waals surface area contributed by atoms with Gasteiger partial charge in [0.05, 0.1) is 182 Å². The van der Waals surface area contributed by atoms with Gasteiger partial charge in [-0.05, 0) is 6.92 Å². The van der Waals surface area contributed by atoms with Gasteiger partial charge in [0.1, 0.15) is 5.78 Å². The fraction of sp³-hybridized carbons (Fsp3) is 0.611. The predicted octanol–water partition coefficient (Wildman–Crippen LogP) is -14.1. The minimum Gasteiger partial charge on any atom is -0.512 e. The number of carbonyl (C=O) groups excluding carboxylic acids is 1. The topological polar surface area (TPSA) is 1070 Å². The van der Waals surface area contributed by atoms with Crippen LogP contribution in [0, 0.1) is 0 Å². The number of nitrogens with zero attached hydrogens (tertiary/aromatic N) is 11. The van der Waals surface area contributed by atoms with Gasteiger partial charge in [-0.3, -0.25) is 179 Å². The Bertz CT molecular complexity index is 3210. The van der Waals surface area contributed by atoms with E-state index in [1.807, 2.05) is 0 Å². The maximum absolute atomic E-state index is 10.6. The molecule has 0 bridgehead atoms. The second-order valence-corrected chi connectivity index (χ2v) is 27.8. The van der Waals surface area contributed by atoms with Crippen molar-refractivity contribution >= 4 is 155 Å². The van der Waals surface area contributed by atoms with Crippen LogP contribution in [0.2, 0.25) is 0 Å². The van der Waals surface area contributed by atoms with Crippen molar-refractivity contribution < 1.29 is 394 Å². The van der Waals surface area contributed by atoms with Gasteiger partial charge in [0.25, 0.3) is 0 Å². The van der Waals surface area contributed by atoms with Crippen LogP contribution < -0.4 is 26.6 Å². The largest absolute Gasteiger partial charge is 0.512 e. The number of carbonyl (C=O) groups is 26. The molecular formula is C72H122Cu8N16O52. The van der Waals surface area contributed by atoms with Crippen LogP contribution in [0.25, 0.3) is 0 Å². The summed E-state index contributed by atoms with van der Waals surface area (Å²) < 4.78 is 0. The first kappa shape index (κ1) is 174. The van der Waals surface area contributed by atoms with Crippen LogP contribution in [0.3, 0.4) is 0 Å². The van der Waals surface area contributed by atoms with Gasteiger partial charge in [-0.2, -0.15) is 0 Å². The number of hydrogen-bond donors (Lipinski definition) is 31. The molecule has 0 heterocycles. The molecule has 8 radical (unpaired) electrons. The summed E-state index contributed by atoms with van der Waals surface area (Å²) in [6, 6.07) is 0. The van der Waals surface area contributed by atoms with Crippen molar-refractivity contribution in [1.29, 1.82) is 0 Å². The molecule has 0 aromatic rings. The summed E-state index contributed by atoms with van der Waals surface area (Å²) >= 11 is 0. The van der Waals surface area contributed by atoms with E-state index in [9.17, 15) is 125 Å². The van der Waals surface area contributed by atoms with E-state index >= 15 is 0 Å². The van der Waals surface area contributed by atoms with Crippen molar-refractivity contribution in [2.75, 3.05) is 281 Å². The second kappa shape index (κ2) is 109. The molecule has 148 heavy (non-hydrogen) atoms. The van der Waals surface area contributed by atoms with Crippen LogP contribution in [-0.4, -0.2) is 623 Å². The molecule has 76 heteroatoms. The molecule has 0 rings (SSSR count). The molecule has 0 unspecified atom stereocenters. The van der Waals surface area contributed by atoms with Crippen LogP contribution in [0.15, 0.2) is 12.3 Å². The molecule has 31 N–H and O–H groups in total. The van der Waals surface area contributed by atoms with E-state index in [0.717, 1.165) is 24.5 Å². The summed E-state index contributed by atoms with van der Waals surface area (Å²) in [6.45, 7) is -3.46. The molecule has 0 aliphatic rings. The molecule has 0 spiro atoms. The van der Waals surface area contributed by atoms with Crippen LogP contribution in [-0.2, 0) is 261 Å². The van der Waals surface area contributed by atoms with Crippen LogP contribution >= 0.6 is 0 Å². The Morgan fingerprint density at radius 3 is 0.318 bits per heavy atom. The van der Waals surface area contributed by atoms with Gasteiger partial charge < -0.3 is 159 Å². The zero-order chi connectivity index (χ0) is 110. The number of rotatable bonds is 78. The van der Waals surface area contributed by atoms with E-state index in [-0.39, 0.29) is 358 Å². The molecule has 0 aliphatic heterocycles. The molecule has 0 amide bonds. The first-order valence-electron chi connectivity index (χ1n) is 39.5. The number of Topliss-reactive ketones (excluding diaryl/α,β-unsaturated/α-hetero) is 1. The second-order valence-electron chi connectivity index (χ2n) is 27.8. The van der Waals surface area contributed by atoms with Gasteiger partial charge in [-0.25, -0.2) is 0 Å². The Morgan fingerprint density at radius 1 is 0.149 bits per heavy atom. The third-order valence-electron chi connectivity index (χ3n) is 14.6. The fourth-order valence-electron chi connectivity index (χ4n) is 9.71. The third kappa shape index (κ3) is 151. The number of carboxylic acid groups (broad SMARTS) is 25. The van der Waals surface area contributed by atoms with Crippen molar-refractivity contribution in [3.05, 3.63) is 12.3 Å². The average Bonchev–Trinajstić information content (AvgIpc) is 0.842. The Labute approximate surface area is 924 Å². The van der Waals surface area contributed by atoms with E-state index in [0.29, 0.717) is 6.54 Å². The zero-order valence-electron chi connectivity index (χ0n) is 77.7. The quantitative estimate of drug-likeness (QED) is 0.0153. The number of aliphatic carboxylic acids is 25. The SMILES string of the molecule is C=C(O)CN(CCN(CC(=O)O)CC(=O)O)CC(=O)O.CC(=O)CNCCN(CC(=O)O)CC(=O)O.O=C(O)CN(CCN(CC(=O)O)CC(=O)O)CC(=O)O.O=C(O)CN(CCN(CC(=O)O)CC(=O)O)CC(=O)O.O=C(O)CNCCN(CC(=O)O)CC(=O)O.O=C(O)CNCCN(CC(=O)O)CC(=O)O.O=C(O)CNCCN(CC(=O)O)CC(=O)O.O=C(O)CNCCN(CC(=O)O)CC(=O)O.[Cu].[Cu].[Cu].[Cu].[Cu].[Cu].[Cu].[Cu]. The van der Waals surface area contributed by atoms with Crippen molar-refractivity contribution in [3.8, 4) is 0 Å². The summed E-state index contributed by atoms with van der Waals surface area (Å²) in [5, 5.41) is 235. The monoisotopic (exact) mass is 2550 g/mol. The number of hydrogen-bond acceptors (Lipinski definition) is 43. The standard InChI is InChI=1S/C11H18N2O7.2C10H16N2O8.C9H16N2O5.4C8H14N2O6.8Cu/c1-8(14)4-12(5-9(15)16)2-3-13(6-10(17)18)7-11(19)20;2*13-7(14)3-11(4-8(15)16)1-2-12(5-9(17)18)6-10(19)20;1-7(12)4-10-2-3-11(5-8(13)14)6-9(15)16;4*11-6(12)3-9-1-2-10(4-7(13)14)5-8(15)16;;;;;;;;/h14H,1-7H2,(H,15,16)(H,17,18)(H,19,20);2*1-6H2,(H,13,14)(H,15,16)(H,17,18)(H,19,20);10H,2-6H2,1H3,(H,13,14)(H,15,16);4*9H,1-5H2,(H,11,12)(H,13,14)(H,15,16);;;;;;;;. The molecule has 0 saturated carbocycles. The van der Waals surface area contributed by atoms with E-state index in [1.165, 1.54) is 36.3 Å². The van der Waals surface area contributed by atoms with Crippen LogP contribution in [0.1, 0.15) is 6.92 Å². The maximum Gasteiger partial charge on any atom is 0.317 e. The molecule has 0 aromatic heterocycles. The van der Waals surface area contributed by atoms with Crippen molar-refractivity contribution in [1.82, 2.24) is 80.5 Å². The number of aliphatic hydroxyl groups excluding tert-OH is 1. The predicted molar refractivity (Wildman–Crippen MR) is 459 cm³/mol. The van der Waals surface area contributed by atoms with Gasteiger partial charge in [-0.15, -0.1) is 0 Å². The molecule has 0 fully saturated rings. The molecule has 0 aliphatic carbocycles. The van der Waals surface area contributed by atoms with Gasteiger partial charge in [0.15, 0.2) is 0 Å². The third-order valence-corrected chi connectivity index (χ3v) is 14.6.